The lowest BCUT2D eigenvalue weighted by Crippen LogP contribution is -2.48. The van der Waals surface area contributed by atoms with Gasteiger partial charge in [0.15, 0.2) is 5.96 Å². The molecule has 0 atom stereocenters. The Hall–Kier alpha value is -1.64. The molecule has 152 valence electrons. The summed E-state index contributed by atoms with van der Waals surface area (Å²) in [7, 11) is -3.16. The number of rotatable bonds is 8. The Kier molecular flexibility index (Phi) is 8.53. The fourth-order valence-electron chi connectivity index (χ4n) is 3.18. The van der Waals surface area contributed by atoms with Crippen molar-refractivity contribution < 1.29 is 8.42 Å². The molecule has 1 heterocycles. The van der Waals surface area contributed by atoms with E-state index < -0.39 is 10.0 Å². The van der Waals surface area contributed by atoms with Gasteiger partial charge in [0, 0.05) is 38.8 Å². The molecule has 27 heavy (non-hydrogen) atoms. The normalized spacial score (nSPS) is 17.1. The van der Waals surface area contributed by atoms with Crippen molar-refractivity contribution in [2.24, 2.45) is 4.99 Å². The summed E-state index contributed by atoms with van der Waals surface area (Å²) >= 11 is 0. The van der Waals surface area contributed by atoms with E-state index in [0.717, 1.165) is 51.2 Å². The van der Waals surface area contributed by atoms with Crippen LogP contribution in [0.2, 0.25) is 0 Å². The van der Waals surface area contributed by atoms with E-state index >= 15 is 0 Å². The number of guanidine groups is 1. The van der Waals surface area contributed by atoms with Crippen molar-refractivity contribution in [2.45, 2.75) is 39.3 Å². The summed E-state index contributed by atoms with van der Waals surface area (Å²) in [4.78, 5) is 6.96. The second-order valence-electron chi connectivity index (χ2n) is 7.05. The molecule has 0 saturated carbocycles. The van der Waals surface area contributed by atoms with Gasteiger partial charge >= 0.3 is 0 Å². The molecule has 8 heteroatoms. The van der Waals surface area contributed by atoms with Gasteiger partial charge in [0.05, 0.1) is 12.8 Å². The smallest absolute Gasteiger partial charge is 0.208 e. The van der Waals surface area contributed by atoms with Gasteiger partial charge in [0.1, 0.15) is 0 Å². The molecule has 0 aliphatic carbocycles. The summed E-state index contributed by atoms with van der Waals surface area (Å²) in [6.07, 6.45) is 3.29. The van der Waals surface area contributed by atoms with E-state index in [1.807, 2.05) is 6.92 Å². The van der Waals surface area contributed by atoms with Crippen LogP contribution in [0.4, 0.5) is 0 Å². The first kappa shape index (κ1) is 21.7. The van der Waals surface area contributed by atoms with Crippen LogP contribution in [0, 0.1) is 6.92 Å². The summed E-state index contributed by atoms with van der Waals surface area (Å²) in [5, 5.41) is 6.72. The highest BCUT2D eigenvalue weighted by Gasteiger charge is 2.20. The number of nitrogens with zero attached hydrogens (tertiary/aromatic N) is 2. The van der Waals surface area contributed by atoms with E-state index in [1.165, 1.54) is 11.1 Å². The molecule has 0 amide bonds. The first-order valence-corrected chi connectivity index (χ1v) is 11.5. The van der Waals surface area contributed by atoms with Crippen molar-refractivity contribution in [2.75, 3.05) is 39.0 Å². The van der Waals surface area contributed by atoms with Gasteiger partial charge in [-0.05, 0) is 37.8 Å². The molecule has 0 radical (unpaired) electrons. The van der Waals surface area contributed by atoms with E-state index in [9.17, 15) is 8.42 Å². The van der Waals surface area contributed by atoms with Crippen LogP contribution in [-0.2, 0) is 16.6 Å². The predicted molar refractivity (Wildman–Crippen MR) is 111 cm³/mol. The highest BCUT2D eigenvalue weighted by Crippen LogP contribution is 2.16. The number of sulfonamides is 1. The molecule has 1 saturated heterocycles. The maximum absolute atomic E-state index is 11.1. The third-order valence-electron chi connectivity index (χ3n) is 4.67. The Labute approximate surface area is 163 Å². The molecule has 0 unspecified atom stereocenters. The van der Waals surface area contributed by atoms with Crippen molar-refractivity contribution in [3.05, 3.63) is 35.4 Å². The van der Waals surface area contributed by atoms with E-state index in [1.54, 1.807) is 0 Å². The van der Waals surface area contributed by atoms with Gasteiger partial charge in [-0.25, -0.2) is 13.1 Å². The van der Waals surface area contributed by atoms with Crippen LogP contribution in [0.25, 0.3) is 0 Å². The van der Waals surface area contributed by atoms with Gasteiger partial charge in [-0.15, -0.1) is 0 Å². The van der Waals surface area contributed by atoms with Crippen molar-refractivity contribution >= 4 is 16.0 Å². The second kappa shape index (κ2) is 10.6. The molecule has 1 aromatic carbocycles. The average molecular weight is 396 g/mol. The van der Waals surface area contributed by atoms with Gasteiger partial charge < -0.3 is 10.6 Å². The Morgan fingerprint density at radius 1 is 1.26 bits per heavy atom. The maximum atomic E-state index is 11.1. The van der Waals surface area contributed by atoms with Gasteiger partial charge in [0.2, 0.25) is 10.0 Å². The minimum Gasteiger partial charge on any atom is -0.357 e. The number of aliphatic imine (C=N–C) groups is 1. The molecule has 0 aromatic heterocycles. The topological polar surface area (TPSA) is 85.8 Å². The Bertz CT molecular complexity index is 713. The predicted octanol–water partition coefficient (Wildman–Crippen LogP) is 1.06. The van der Waals surface area contributed by atoms with Gasteiger partial charge in [-0.2, -0.15) is 0 Å². The first-order chi connectivity index (χ1) is 12.9. The van der Waals surface area contributed by atoms with Gasteiger partial charge in [-0.1, -0.05) is 24.3 Å². The van der Waals surface area contributed by atoms with Crippen LogP contribution < -0.4 is 15.4 Å². The molecule has 7 nitrogen and oxygen atoms in total. The summed E-state index contributed by atoms with van der Waals surface area (Å²) < 4.78 is 24.7. The summed E-state index contributed by atoms with van der Waals surface area (Å²) in [6, 6.07) is 8.96. The monoisotopic (exact) mass is 395 g/mol. The molecular formula is C19H33N5O2S. The largest absolute Gasteiger partial charge is 0.357 e. The van der Waals surface area contributed by atoms with Crippen LogP contribution >= 0.6 is 0 Å². The van der Waals surface area contributed by atoms with Crippen LogP contribution in [0.1, 0.15) is 30.9 Å². The Morgan fingerprint density at radius 3 is 2.59 bits per heavy atom. The molecule has 0 bridgehead atoms. The number of hydrogen-bond donors (Lipinski definition) is 3. The fourth-order valence-corrected chi connectivity index (χ4v) is 3.64. The van der Waals surface area contributed by atoms with E-state index in [0.29, 0.717) is 19.1 Å². The van der Waals surface area contributed by atoms with Crippen LogP contribution in [0.3, 0.4) is 0 Å². The minimum atomic E-state index is -3.16. The van der Waals surface area contributed by atoms with Gasteiger partial charge in [-0.3, -0.25) is 9.89 Å². The molecule has 0 spiro atoms. The Morgan fingerprint density at radius 2 is 1.96 bits per heavy atom. The standard InChI is InChI=1S/C19H33N5O2S/c1-4-20-19(21-11-12-22-27(3,25)26)23-18-9-13-24(14-10-18)15-17-8-6-5-7-16(17)2/h5-8,18,22H,4,9-15H2,1-3H3,(H2,20,21,23). The molecule has 2 rings (SSSR count). The van der Waals surface area contributed by atoms with Crippen LogP contribution in [-0.4, -0.2) is 64.3 Å². The van der Waals surface area contributed by atoms with Crippen molar-refractivity contribution in [1.82, 2.24) is 20.3 Å². The number of aryl methyl sites for hydroxylation is 1. The van der Waals surface area contributed by atoms with E-state index in [-0.39, 0.29) is 0 Å². The zero-order chi connectivity index (χ0) is 19.7. The molecule has 1 fully saturated rings. The number of piperidine rings is 1. The van der Waals surface area contributed by atoms with E-state index in [2.05, 4.69) is 56.4 Å². The lowest BCUT2D eigenvalue weighted by Gasteiger charge is -2.33. The lowest BCUT2D eigenvalue weighted by atomic mass is 10.0. The minimum absolute atomic E-state index is 0.310. The second-order valence-corrected chi connectivity index (χ2v) is 8.88. The average Bonchev–Trinajstić information content (AvgIpc) is 2.61. The van der Waals surface area contributed by atoms with E-state index in [4.69, 9.17) is 0 Å². The number of nitrogens with one attached hydrogen (secondary N) is 3. The molecule has 1 aliphatic rings. The highest BCUT2D eigenvalue weighted by atomic mass is 32.2. The third-order valence-corrected chi connectivity index (χ3v) is 5.40. The highest BCUT2D eigenvalue weighted by molar-refractivity contribution is 7.88. The van der Waals surface area contributed by atoms with Gasteiger partial charge in [0.25, 0.3) is 0 Å². The van der Waals surface area contributed by atoms with Crippen molar-refractivity contribution in [3.8, 4) is 0 Å². The molecule has 1 aromatic rings. The zero-order valence-corrected chi connectivity index (χ0v) is 17.5. The van der Waals surface area contributed by atoms with Crippen molar-refractivity contribution in [3.63, 3.8) is 0 Å². The summed E-state index contributed by atoms with van der Waals surface area (Å²) in [5.74, 6) is 0.755. The van der Waals surface area contributed by atoms with Crippen molar-refractivity contribution in [1.29, 1.82) is 0 Å². The lowest BCUT2D eigenvalue weighted by molar-refractivity contribution is 0.198. The molecular weight excluding hydrogens is 362 g/mol. The Balaban J connectivity index is 1.78. The number of benzene rings is 1. The zero-order valence-electron chi connectivity index (χ0n) is 16.7. The molecule has 1 aliphatic heterocycles. The van der Waals surface area contributed by atoms with Crippen LogP contribution in [0.15, 0.2) is 29.3 Å². The third kappa shape index (κ3) is 8.28. The molecule has 3 N–H and O–H groups in total. The maximum Gasteiger partial charge on any atom is 0.208 e. The number of hydrogen-bond acceptors (Lipinski definition) is 4. The summed E-state index contributed by atoms with van der Waals surface area (Å²) in [5.41, 5.74) is 2.75. The first-order valence-electron chi connectivity index (χ1n) is 9.63. The fraction of sp³-hybridized carbons (Fsp3) is 0.632. The number of likely N-dealkylation sites (tertiary alicyclic amines) is 1. The quantitative estimate of drug-likeness (QED) is 0.348. The van der Waals surface area contributed by atoms with Crippen LogP contribution in [0.5, 0.6) is 0 Å². The summed E-state index contributed by atoms with van der Waals surface area (Å²) in [6.45, 7) is 8.81. The SMILES string of the molecule is CCNC(=NCCNS(C)(=O)=O)NC1CCN(Cc2ccccc2C)CC1.